The molecule has 0 radical (unpaired) electrons. The smallest absolute Gasteiger partial charge is 0.238 e. The summed E-state index contributed by atoms with van der Waals surface area (Å²) in [5, 5.41) is 13.1. The highest BCUT2D eigenvalue weighted by Gasteiger charge is 2.46. The predicted octanol–water partition coefficient (Wildman–Crippen LogP) is 2.10. The number of anilines is 1. The molecule has 0 bridgehead atoms. The minimum atomic E-state index is -3.19. The quantitative estimate of drug-likeness (QED) is 0.581. The molecule has 1 saturated carbocycles. The van der Waals surface area contributed by atoms with E-state index in [2.05, 4.69) is 28.7 Å². The minimum absolute atomic E-state index is 0.0252. The molecule has 1 N–H and O–H groups in total. The largest absolute Gasteiger partial charge is 0.310 e. The molecule has 34 heavy (non-hydrogen) atoms. The van der Waals surface area contributed by atoms with Crippen molar-refractivity contribution in [2.24, 2.45) is 16.0 Å². The second kappa shape index (κ2) is 8.48. The Morgan fingerprint density at radius 1 is 1.24 bits per heavy atom. The summed E-state index contributed by atoms with van der Waals surface area (Å²) in [7, 11) is -3.19. The van der Waals surface area contributed by atoms with Crippen LogP contribution in [-0.2, 0) is 14.8 Å². The van der Waals surface area contributed by atoms with Crippen LogP contribution in [0.4, 0.5) is 5.82 Å². The van der Waals surface area contributed by atoms with Gasteiger partial charge in [0.1, 0.15) is 11.7 Å². The zero-order valence-corrected chi connectivity index (χ0v) is 19.7. The maximum absolute atomic E-state index is 13.1. The van der Waals surface area contributed by atoms with Crippen LogP contribution in [0, 0.1) is 12.8 Å². The van der Waals surface area contributed by atoms with Crippen LogP contribution in [-0.4, -0.2) is 70.9 Å². The van der Waals surface area contributed by atoms with Crippen LogP contribution in [0.1, 0.15) is 30.0 Å². The fourth-order valence-electron chi connectivity index (χ4n) is 4.20. The van der Waals surface area contributed by atoms with Gasteiger partial charge in [0.05, 0.1) is 16.6 Å². The van der Waals surface area contributed by atoms with Crippen LogP contribution in [0.5, 0.6) is 0 Å². The second-order valence-corrected chi connectivity index (χ2v) is 11.1. The van der Waals surface area contributed by atoms with Crippen molar-refractivity contribution in [2.75, 3.05) is 18.4 Å². The first-order valence-corrected chi connectivity index (χ1v) is 12.7. The molecule has 1 aromatic heterocycles. The molecule has 2 atom stereocenters. The summed E-state index contributed by atoms with van der Waals surface area (Å²) < 4.78 is 28.2. The van der Waals surface area contributed by atoms with Gasteiger partial charge in [-0.1, -0.05) is 24.3 Å². The molecule has 5 rings (SSSR count). The van der Waals surface area contributed by atoms with E-state index in [0.717, 1.165) is 29.8 Å². The van der Waals surface area contributed by atoms with E-state index in [1.54, 1.807) is 4.68 Å². The lowest BCUT2D eigenvalue weighted by Gasteiger charge is -2.37. The first kappa shape index (κ1) is 22.5. The average molecular weight is 482 g/mol. The molecule has 2 unspecified atom stereocenters. The first-order chi connectivity index (χ1) is 16.3. The summed E-state index contributed by atoms with van der Waals surface area (Å²) in [4.78, 5) is 17.1. The van der Waals surface area contributed by atoms with Gasteiger partial charge < -0.3 is 5.32 Å². The van der Waals surface area contributed by atoms with Gasteiger partial charge in [-0.05, 0) is 38.6 Å². The fraction of sp³-hybridized carbons (Fsp3) is 0.391. The van der Waals surface area contributed by atoms with E-state index >= 15 is 0 Å². The highest BCUT2D eigenvalue weighted by atomic mass is 32.2. The number of carbonyl (C=O) groups excluding carboxylic acids is 1. The van der Waals surface area contributed by atoms with E-state index in [-0.39, 0.29) is 17.1 Å². The number of benzene rings is 1. The number of rotatable bonds is 8. The molecule has 2 aliphatic heterocycles. The second-order valence-electron chi connectivity index (χ2n) is 8.90. The Morgan fingerprint density at radius 3 is 2.56 bits per heavy atom. The van der Waals surface area contributed by atoms with E-state index < -0.39 is 22.1 Å². The van der Waals surface area contributed by atoms with Crippen molar-refractivity contribution >= 4 is 34.7 Å². The molecule has 1 aromatic carbocycles. The first-order valence-electron chi connectivity index (χ1n) is 11.2. The van der Waals surface area contributed by atoms with Gasteiger partial charge in [-0.3, -0.25) is 9.79 Å². The van der Waals surface area contributed by atoms with Crippen molar-refractivity contribution in [3.63, 3.8) is 0 Å². The summed E-state index contributed by atoms with van der Waals surface area (Å²) in [6.45, 7) is 10.1. The van der Waals surface area contributed by atoms with Crippen molar-refractivity contribution in [2.45, 2.75) is 37.1 Å². The number of nitrogens with one attached hydrogen (secondary N) is 1. The molecular formula is C23H27N7O3S. The number of sulfonamides is 1. The molecule has 0 spiro atoms. The van der Waals surface area contributed by atoms with Gasteiger partial charge in [0.25, 0.3) is 0 Å². The van der Waals surface area contributed by atoms with Crippen LogP contribution in [0.25, 0.3) is 5.69 Å². The molecule has 2 aromatic rings. The molecule has 1 amide bonds. The van der Waals surface area contributed by atoms with Crippen molar-refractivity contribution in [3.05, 3.63) is 54.4 Å². The van der Waals surface area contributed by atoms with Gasteiger partial charge in [0, 0.05) is 37.5 Å². The van der Waals surface area contributed by atoms with Gasteiger partial charge in [-0.25, -0.2) is 22.4 Å². The van der Waals surface area contributed by atoms with Crippen LogP contribution >= 0.6 is 0 Å². The zero-order valence-electron chi connectivity index (χ0n) is 18.9. The van der Waals surface area contributed by atoms with Gasteiger partial charge in [-0.2, -0.15) is 10.2 Å². The number of aliphatic imine (C=N–C) groups is 1. The molecule has 3 aliphatic rings. The van der Waals surface area contributed by atoms with Crippen molar-refractivity contribution in [1.82, 2.24) is 19.1 Å². The number of hydrogen-bond acceptors (Lipinski definition) is 7. The molecule has 178 valence electrons. The van der Waals surface area contributed by atoms with E-state index in [0.29, 0.717) is 18.9 Å². The standard InChI is InChI=1S/C23H27N7O3S/c1-4-29-22(24-3)19(12-25-29)23(31)26-21-11-20(27-30(21)17-7-5-15(2)6-8-17)16-13-28(14-16)34(32,33)18-9-10-18/h4-8,11-12,16,18-19,22H,1,3,9-10,13-14H2,2H3,(H,26,31). The minimum Gasteiger partial charge on any atom is -0.310 e. The number of hydrogen-bond donors (Lipinski definition) is 1. The van der Waals surface area contributed by atoms with Crippen molar-refractivity contribution in [1.29, 1.82) is 0 Å². The maximum atomic E-state index is 13.1. The molecular weight excluding hydrogens is 454 g/mol. The number of aromatic nitrogens is 2. The Morgan fingerprint density at radius 2 is 1.94 bits per heavy atom. The lowest BCUT2D eigenvalue weighted by molar-refractivity contribution is -0.118. The predicted molar refractivity (Wildman–Crippen MR) is 131 cm³/mol. The Bertz CT molecular complexity index is 1260. The molecule has 11 heteroatoms. The van der Waals surface area contributed by atoms with Crippen LogP contribution in [0.2, 0.25) is 0 Å². The van der Waals surface area contributed by atoms with Crippen LogP contribution in [0.3, 0.4) is 0 Å². The van der Waals surface area contributed by atoms with E-state index in [1.807, 2.05) is 37.3 Å². The highest BCUT2D eigenvalue weighted by molar-refractivity contribution is 7.90. The lowest BCUT2D eigenvalue weighted by Crippen LogP contribution is -2.49. The summed E-state index contributed by atoms with van der Waals surface area (Å²) in [5.74, 6) is -0.455. The third-order valence-electron chi connectivity index (χ3n) is 6.46. The Balaban J connectivity index is 1.39. The van der Waals surface area contributed by atoms with E-state index in [1.165, 1.54) is 21.7 Å². The highest BCUT2D eigenvalue weighted by Crippen LogP contribution is 2.38. The number of hydrazone groups is 1. The topological polar surface area (TPSA) is 112 Å². The normalized spacial score (nSPS) is 23.0. The lowest BCUT2D eigenvalue weighted by atomic mass is 9.99. The number of carbonyl (C=O) groups is 1. The molecule has 10 nitrogen and oxygen atoms in total. The van der Waals surface area contributed by atoms with Gasteiger partial charge >= 0.3 is 0 Å². The van der Waals surface area contributed by atoms with Gasteiger partial charge in [-0.15, -0.1) is 0 Å². The van der Waals surface area contributed by atoms with E-state index in [4.69, 9.17) is 5.10 Å². The SMILES string of the molecule is C=CN1N=CC(C(=O)Nc2cc(C3CN(S(=O)(=O)C4CC4)C3)nn2-c2ccc(C)cc2)C1N=C. The molecule has 1 saturated heterocycles. The summed E-state index contributed by atoms with van der Waals surface area (Å²) in [5.41, 5.74) is 2.64. The third kappa shape index (κ3) is 3.94. The van der Waals surface area contributed by atoms with Gasteiger partial charge in [0.15, 0.2) is 6.17 Å². The third-order valence-corrected chi connectivity index (χ3v) is 8.79. The maximum Gasteiger partial charge on any atom is 0.238 e. The van der Waals surface area contributed by atoms with Crippen LogP contribution in [0.15, 0.2) is 53.2 Å². The Hall–Kier alpha value is -3.31. The van der Waals surface area contributed by atoms with Gasteiger partial charge in [0.2, 0.25) is 15.9 Å². The summed E-state index contributed by atoms with van der Waals surface area (Å²) in [6, 6.07) is 9.61. The summed E-state index contributed by atoms with van der Waals surface area (Å²) >= 11 is 0. The Kier molecular flexibility index (Phi) is 5.61. The molecule has 3 heterocycles. The molecule has 2 fully saturated rings. The number of aryl methyl sites for hydroxylation is 1. The monoisotopic (exact) mass is 481 g/mol. The fourth-order valence-corrected chi connectivity index (χ4v) is 6.13. The number of amides is 1. The number of nitrogens with zero attached hydrogens (tertiary/aromatic N) is 6. The summed E-state index contributed by atoms with van der Waals surface area (Å²) in [6.07, 6.45) is 3.94. The zero-order chi connectivity index (χ0) is 24.0. The average Bonchev–Trinajstić information content (AvgIpc) is 3.45. The van der Waals surface area contributed by atoms with Crippen LogP contribution < -0.4 is 5.32 Å². The van der Waals surface area contributed by atoms with Crippen molar-refractivity contribution in [3.8, 4) is 5.69 Å². The van der Waals surface area contributed by atoms with E-state index in [9.17, 15) is 13.2 Å². The molecule has 1 aliphatic carbocycles. The Labute approximate surface area is 198 Å². The van der Waals surface area contributed by atoms with Crippen molar-refractivity contribution < 1.29 is 13.2 Å².